The molecule has 1 saturated carbocycles. The van der Waals surface area contributed by atoms with Crippen LogP contribution in [0.2, 0.25) is 0 Å². The molecule has 3 nitrogen and oxygen atoms in total. The molecule has 0 radical (unpaired) electrons. The first kappa shape index (κ1) is 7.80. The molecule has 1 aliphatic carbocycles. The van der Waals surface area contributed by atoms with E-state index in [-0.39, 0.29) is 0 Å². The van der Waals surface area contributed by atoms with E-state index in [1.165, 1.54) is 0 Å². The lowest BCUT2D eigenvalue weighted by molar-refractivity contribution is 0.446. The van der Waals surface area contributed by atoms with Crippen molar-refractivity contribution >= 4 is 0 Å². The summed E-state index contributed by atoms with van der Waals surface area (Å²) in [5.41, 5.74) is 6.76. The van der Waals surface area contributed by atoms with Crippen molar-refractivity contribution in [2.45, 2.75) is 38.1 Å². The minimum absolute atomic E-state index is 0.349. The molecule has 1 aliphatic rings. The van der Waals surface area contributed by atoms with Gasteiger partial charge >= 0.3 is 0 Å². The fraction of sp³-hybridized carbons (Fsp3) is 0.667. The van der Waals surface area contributed by atoms with Crippen LogP contribution in [0.4, 0.5) is 0 Å². The zero-order valence-electron chi connectivity index (χ0n) is 7.29. The van der Waals surface area contributed by atoms with Gasteiger partial charge < -0.3 is 10.2 Å². The van der Waals surface area contributed by atoms with E-state index >= 15 is 0 Å². The van der Waals surface area contributed by atoms with Crippen LogP contribution in [0.5, 0.6) is 0 Å². The molecule has 66 valence electrons. The highest BCUT2D eigenvalue weighted by molar-refractivity contribution is 5.02. The third-order valence-electron chi connectivity index (χ3n) is 2.46. The smallest absolute Gasteiger partial charge is 0.197 e. The van der Waals surface area contributed by atoms with Crippen molar-refractivity contribution in [3.63, 3.8) is 0 Å². The number of hydrogen-bond donors (Lipinski definition) is 1. The van der Waals surface area contributed by atoms with Crippen molar-refractivity contribution in [1.29, 1.82) is 0 Å². The highest BCUT2D eigenvalue weighted by atomic mass is 16.3. The number of aromatic nitrogens is 1. The van der Waals surface area contributed by atoms with E-state index in [1.54, 1.807) is 6.26 Å². The SMILES string of the molecule is Cc1coc([C@H]2CC[C@@H](N)C2)n1. The van der Waals surface area contributed by atoms with E-state index in [9.17, 15) is 0 Å². The molecule has 0 aromatic carbocycles. The second-order valence-corrected chi connectivity index (χ2v) is 3.60. The summed E-state index contributed by atoms with van der Waals surface area (Å²) in [5.74, 6) is 1.34. The molecular formula is C9H14N2O. The summed E-state index contributed by atoms with van der Waals surface area (Å²) in [5, 5.41) is 0. The molecule has 1 fully saturated rings. The summed E-state index contributed by atoms with van der Waals surface area (Å²) in [4.78, 5) is 4.30. The standard InChI is InChI=1S/C9H14N2O/c1-6-5-12-9(11-6)7-2-3-8(10)4-7/h5,7-8H,2-4,10H2,1H3/t7-,8+/m0/s1. The first-order chi connectivity index (χ1) is 5.75. The topological polar surface area (TPSA) is 52.0 Å². The van der Waals surface area contributed by atoms with Crippen molar-refractivity contribution < 1.29 is 4.42 Å². The lowest BCUT2D eigenvalue weighted by Crippen LogP contribution is -2.14. The molecule has 2 N–H and O–H groups in total. The number of nitrogens with zero attached hydrogens (tertiary/aromatic N) is 1. The molecular weight excluding hydrogens is 152 g/mol. The van der Waals surface area contributed by atoms with Crippen LogP contribution >= 0.6 is 0 Å². The number of oxazole rings is 1. The van der Waals surface area contributed by atoms with Gasteiger partial charge in [-0.25, -0.2) is 4.98 Å². The number of aryl methyl sites for hydroxylation is 1. The molecule has 1 heterocycles. The minimum Gasteiger partial charge on any atom is -0.448 e. The summed E-state index contributed by atoms with van der Waals surface area (Å²) in [7, 11) is 0. The van der Waals surface area contributed by atoms with Crippen molar-refractivity contribution in [1.82, 2.24) is 4.98 Å². The molecule has 0 saturated heterocycles. The van der Waals surface area contributed by atoms with Gasteiger partial charge in [-0.1, -0.05) is 0 Å². The van der Waals surface area contributed by atoms with E-state index in [2.05, 4.69) is 4.98 Å². The Bertz CT molecular complexity index is 269. The second-order valence-electron chi connectivity index (χ2n) is 3.60. The van der Waals surface area contributed by atoms with Gasteiger partial charge in [0.1, 0.15) is 6.26 Å². The van der Waals surface area contributed by atoms with Gasteiger partial charge in [-0.05, 0) is 26.2 Å². The predicted octanol–water partition coefficient (Wildman–Crippen LogP) is 1.58. The maximum atomic E-state index is 5.80. The van der Waals surface area contributed by atoms with Crippen LogP contribution in [0.25, 0.3) is 0 Å². The first-order valence-electron chi connectivity index (χ1n) is 4.43. The van der Waals surface area contributed by atoms with Gasteiger partial charge in [0.05, 0.1) is 5.69 Å². The summed E-state index contributed by atoms with van der Waals surface area (Å²) in [6.45, 7) is 1.95. The third-order valence-corrected chi connectivity index (χ3v) is 2.46. The molecule has 12 heavy (non-hydrogen) atoms. The quantitative estimate of drug-likeness (QED) is 0.689. The molecule has 0 amide bonds. The Morgan fingerprint density at radius 2 is 2.42 bits per heavy atom. The maximum absolute atomic E-state index is 5.80. The average Bonchev–Trinajstić information content (AvgIpc) is 2.58. The summed E-state index contributed by atoms with van der Waals surface area (Å²) < 4.78 is 5.33. The zero-order valence-corrected chi connectivity index (χ0v) is 7.29. The second kappa shape index (κ2) is 2.90. The number of rotatable bonds is 1. The Kier molecular flexibility index (Phi) is 1.89. The lowest BCUT2D eigenvalue weighted by atomic mass is 10.1. The Morgan fingerprint density at radius 3 is 2.92 bits per heavy atom. The van der Waals surface area contributed by atoms with Gasteiger partial charge in [0, 0.05) is 12.0 Å². The van der Waals surface area contributed by atoms with Gasteiger partial charge in [0.2, 0.25) is 0 Å². The molecule has 1 aromatic rings. The van der Waals surface area contributed by atoms with Crippen LogP contribution in [0, 0.1) is 6.92 Å². The number of nitrogens with two attached hydrogens (primary N) is 1. The molecule has 2 atom stereocenters. The lowest BCUT2D eigenvalue weighted by Gasteiger charge is -2.02. The van der Waals surface area contributed by atoms with E-state index in [0.717, 1.165) is 30.8 Å². The van der Waals surface area contributed by atoms with Crippen molar-refractivity contribution in [3.8, 4) is 0 Å². The van der Waals surface area contributed by atoms with Crippen molar-refractivity contribution in [2.75, 3.05) is 0 Å². The highest BCUT2D eigenvalue weighted by Crippen LogP contribution is 2.32. The van der Waals surface area contributed by atoms with Crippen LogP contribution in [0.15, 0.2) is 10.7 Å². The van der Waals surface area contributed by atoms with E-state index in [4.69, 9.17) is 10.2 Å². The van der Waals surface area contributed by atoms with Crippen molar-refractivity contribution in [3.05, 3.63) is 17.8 Å². The molecule has 0 spiro atoms. The molecule has 0 unspecified atom stereocenters. The van der Waals surface area contributed by atoms with E-state index in [1.807, 2.05) is 6.92 Å². The molecule has 3 heteroatoms. The minimum atomic E-state index is 0.349. The molecule has 0 bridgehead atoms. The summed E-state index contributed by atoms with van der Waals surface area (Å²) in [6, 6.07) is 0.349. The van der Waals surface area contributed by atoms with Gasteiger partial charge in [-0.3, -0.25) is 0 Å². The Labute approximate surface area is 72.0 Å². The Balaban J connectivity index is 2.11. The summed E-state index contributed by atoms with van der Waals surface area (Å²) in [6.07, 6.45) is 4.96. The normalized spacial score (nSPS) is 29.5. The van der Waals surface area contributed by atoms with Crippen LogP contribution in [-0.2, 0) is 0 Å². The summed E-state index contributed by atoms with van der Waals surface area (Å²) >= 11 is 0. The zero-order chi connectivity index (χ0) is 8.55. The average molecular weight is 166 g/mol. The van der Waals surface area contributed by atoms with Gasteiger partial charge in [0.25, 0.3) is 0 Å². The molecule has 1 aromatic heterocycles. The fourth-order valence-corrected chi connectivity index (χ4v) is 1.80. The van der Waals surface area contributed by atoms with Gasteiger partial charge in [-0.15, -0.1) is 0 Å². The Morgan fingerprint density at radius 1 is 1.58 bits per heavy atom. The Hall–Kier alpha value is -0.830. The monoisotopic (exact) mass is 166 g/mol. The van der Waals surface area contributed by atoms with Crippen LogP contribution in [0.1, 0.15) is 36.8 Å². The fourth-order valence-electron chi connectivity index (χ4n) is 1.80. The van der Waals surface area contributed by atoms with Crippen LogP contribution < -0.4 is 5.73 Å². The third kappa shape index (κ3) is 1.37. The largest absolute Gasteiger partial charge is 0.448 e. The first-order valence-corrected chi connectivity index (χ1v) is 4.43. The highest BCUT2D eigenvalue weighted by Gasteiger charge is 2.26. The predicted molar refractivity (Wildman–Crippen MR) is 45.8 cm³/mol. The van der Waals surface area contributed by atoms with Crippen molar-refractivity contribution in [2.24, 2.45) is 5.73 Å². The molecule has 2 rings (SSSR count). The number of hydrogen-bond acceptors (Lipinski definition) is 3. The maximum Gasteiger partial charge on any atom is 0.197 e. The van der Waals surface area contributed by atoms with Gasteiger partial charge in [-0.2, -0.15) is 0 Å². The molecule has 0 aliphatic heterocycles. The van der Waals surface area contributed by atoms with Crippen LogP contribution in [0.3, 0.4) is 0 Å². The van der Waals surface area contributed by atoms with Crippen LogP contribution in [-0.4, -0.2) is 11.0 Å². The van der Waals surface area contributed by atoms with E-state index < -0.39 is 0 Å². The van der Waals surface area contributed by atoms with Gasteiger partial charge in [0.15, 0.2) is 5.89 Å². The van der Waals surface area contributed by atoms with E-state index in [0.29, 0.717) is 12.0 Å².